The molecular formula is C9H13BrO. The smallest absolute Gasteiger partial charge is 0.159 e. The van der Waals surface area contributed by atoms with Crippen molar-refractivity contribution in [1.82, 2.24) is 0 Å². The van der Waals surface area contributed by atoms with Crippen molar-refractivity contribution >= 4 is 21.7 Å². The molecule has 0 radical (unpaired) electrons. The summed E-state index contributed by atoms with van der Waals surface area (Å²) in [5.74, 6) is 0.378. The summed E-state index contributed by atoms with van der Waals surface area (Å²) in [4.78, 5) is 11.2. The quantitative estimate of drug-likeness (QED) is 0.664. The van der Waals surface area contributed by atoms with Gasteiger partial charge in [-0.15, -0.1) is 0 Å². The molecule has 0 aliphatic heterocycles. The van der Waals surface area contributed by atoms with Crippen LogP contribution in [0, 0.1) is 0 Å². The number of rotatable bonds is 3. The monoisotopic (exact) mass is 216 g/mol. The van der Waals surface area contributed by atoms with Gasteiger partial charge in [-0.2, -0.15) is 0 Å². The normalized spacial score (nSPS) is 18.2. The van der Waals surface area contributed by atoms with Gasteiger partial charge in [0, 0.05) is 11.8 Å². The van der Waals surface area contributed by atoms with Gasteiger partial charge in [0.15, 0.2) is 5.78 Å². The van der Waals surface area contributed by atoms with Gasteiger partial charge in [-0.3, -0.25) is 4.79 Å². The molecule has 0 amide bonds. The van der Waals surface area contributed by atoms with E-state index >= 15 is 0 Å². The molecule has 1 aliphatic carbocycles. The number of hydrogen-bond donors (Lipinski definition) is 0. The third-order valence-corrected chi connectivity index (χ3v) is 2.70. The Bertz CT molecular complexity index is 194. The van der Waals surface area contributed by atoms with Gasteiger partial charge < -0.3 is 0 Å². The average Bonchev–Trinajstić information content (AvgIpc) is 2.29. The van der Waals surface area contributed by atoms with E-state index in [1.54, 1.807) is 0 Å². The molecule has 2 heteroatoms. The molecule has 0 aromatic rings. The first kappa shape index (κ1) is 8.98. The van der Waals surface area contributed by atoms with Crippen molar-refractivity contribution in [3.63, 3.8) is 0 Å². The molecule has 0 saturated heterocycles. The summed E-state index contributed by atoms with van der Waals surface area (Å²) in [6.07, 6.45) is 3.80. The van der Waals surface area contributed by atoms with Crippen LogP contribution in [-0.2, 0) is 4.79 Å². The number of halogens is 1. The molecule has 0 unspecified atom stereocenters. The standard InChI is InChI=1S/C9H13BrO/c1-7-4-5-9(11)8(7)3-2-6-10/h2-6H2,1H3. The van der Waals surface area contributed by atoms with Gasteiger partial charge in [0.1, 0.15) is 0 Å². The Balaban J connectivity index is 2.53. The summed E-state index contributed by atoms with van der Waals surface area (Å²) in [7, 11) is 0. The molecule has 11 heavy (non-hydrogen) atoms. The zero-order valence-corrected chi connectivity index (χ0v) is 8.41. The predicted octanol–water partition coefficient (Wildman–Crippen LogP) is 2.84. The fourth-order valence-electron chi connectivity index (χ4n) is 1.44. The topological polar surface area (TPSA) is 17.1 Å². The van der Waals surface area contributed by atoms with Crippen molar-refractivity contribution in [1.29, 1.82) is 0 Å². The SMILES string of the molecule is CC1=C(CCCBr)C(=O)CC1. The van der Waals surface area contributed by atoms with Gasteiger partial charge in [0.05, 0.1) is 0 Å². The molecule has 0 aromatic carbocycles. The second-order valence-corrected chi connectivity index (χ2v) is 3.77. The molecule has 0 saturated carbocycles. The Morgan fingerprint density at radius 1 is 1.45 bits per heavy atom. The summed E-state index contributed by atoms with van der Waals surface area (Å²) < 4.78 is 0. The lowest BCUT2D eigenvalue weighted by Crippen LogP contribution is -1.96. The van der Waals surface area contributed by atoms with Crippen LogP contribution in [0.1, 0.15) is 32.6 Å². The first-order valence-electron chi connectivity index (χ1n) is 4.03. The minimum atomic E-state index is 0.378. The minimum Gasteiger partial charge on any atom is -0.295 e. The van der Waals surface area contributed by atoms with E-state index in [2.05, 4.69) is 22.9 Å². The summed E-state index contributed by atoms with van der Waals surface area (Å²) in [6, 6.07) is 0. The molecule has 62 valence electrons. The molecule has 0 N–H and O–H groups in total. The molecule has 1 rings (SSSR count). The number of hydrogen-bond acceptors (Lipinski definition) is 1. The molecule has 1 nitrogen and oxygen atoms in total. The van der Waals surface area contributed by atoms with E-state index in [1.165, 1.54) is 5.57 Å². The van der Waals surface area contributed by atoms with Crippen LogP contribution in [0.4, 0.5) is 0 Å². The average molecular weight is 217 g/mol. The van der Waals surface area contributed by atoms with Crippen molar-refractivity contribution in [2.24, 2.45) is 0 Å². The van der Waals surface area contributed by atoms with Crippen molar-refractivity contribution in [3.05, 3.63) is 11.1 Å². The Labute approximate surface area is 76.0 Å². The Kier molecular flexibility index (Phi) is 3.31. The van der Waals surface area contributed by atoms with E-state index in [-0.39, 0.29) is 0 Å². The van der Waals surface area contributed by atoms with E-state index in [0.29, 0.717) is 5.78 Å². The fraction of sp³-hybridized carbons (Fsp3) is 0.667. The lowest BCUT2D eigenvalue weighted by Gasteiger charge is -1.99. The zero-order valence-electron chi connectivity index (χ0n) is 6.82. The second kappa shape index (κ2) is 4.05. The molecule has 0 fully saturated rings. The molecule has 0 aromatic heterocycles. The van der Waals surface area contributed by atoms with Crippen molar-refractivity contribution in [2.75, 3.05) is 5.33 Å². The summed E-state index contributed by atoms with van der Waals surface area (Å²) in [5, 5.41) is 0.997. The molecule has 0 bridgehead atoms. The summed E-state index contributed by atoms with van der Waals surface area (Å²) in [5.41, 5.74) is 2.42. The molecule has 0 atom stereocenters. The maximum absolute atomic E-state index is 11.2. The van der Waals surface area contributed by atoms with Crippen LogP contribution in [-0.4, -0.2) is 11.1 Å². The van der Waals surface area contributed by atoms with Crippen LogP contribution in [0.3, 0.4) is 0 Å². The van der Waals surface area contributed by atoms with Crippen molar-refractivity contribution < 1.29 is 4.79 Å². The summed E-state index contributed by atoms with van der Waals surface area (Å²) >= 11 is 3.36. The summed E-state index contributed by atoms with van der Waals surface area (Å²) in [6.45, 7) is 2.08. The highest BCUT2D eigenvalue weighted by Gasteiger charge is 2.18. The first-order valence-corrected chi connectivity index (χ1v) is 5.15. The largest absolute Gasteiger partial charge is 0.295 e. The number of ketones is 1. The van der Waals surface area contributed by atoms with Crippen LogP contribution in [0.2, 0.25) is 0 Å². The van der Waals surface area contributed by atoms with Gasteiger partial charge in [0.2, 0.25) is 0 Å². The highest BCUT2D eigenvalue weighted by molar-refractivity contribution is 9.09. The number of carbonyl (C=O) groups is 1. The first-order chi connectivity index (χ1) is 5.25. The Hall–Kier alpha value is -0.110. The van der Waals surface area contributed by atoms with E-state index < -0.39 is 0 Å². The van der Waals surface area contributed by atoms with Crippen LogP contribution < -0.4 is 0 Å². The van der Waals surface area contributed by atoms with E-state index in [1.807, 2.05) is 0 Å². The van der Waals surface area contributed by atoms with Crippen molar-refractivity contribution in [3.8, 4) is 0 Å². The third-order valence-electron chi connectivity index (χ3n) is 2.14. The van der Waals surface area contributed by atoms with E-state index in [0.717, 1.165) is 36.6 Å². The number of allylic oxidation sites excluding steroid dienone is 2. The van der Waals surface area contributed by atoms with Gasteiger partial charge in [-0.1, -0.05) is 21.5 Å². The lowest BCUT2D eigenvalue weighted by molar-refractivity contribution is -0.115. The maximum atomic E-state index is 11.2. The van der Waals surface area contributed by atoms with E-state index in [9.17, 15) is 4.79 Å². The van der Waals surface area contributed by atoms with Gasteiger partial charge >= 0.3 is 0 Å². The Morgan fingerprint density at radius 2 is 2.18 bits per heavy atom. The highest BCUT2D eigenvalue weighted by Crippen LogP contribution is 2.25. The third kappa shape index (κ3) is 2.16. The van der Waals surface area contributed by atoms with Gasteiger partial charge in [0.25, 0.3) is 0 Å². The maximum Gasteiger partial charge on any atom is 0.159 e. The highest BCUT2D eigenvalue weighted by atomic mass is 79.9. The minimum absolute atomic E-state index is 0.378. The lowest BCUT2D eigenvalue weighted by atomic mass is 10.1. The van der Waals surface area contributed by atoms with Crippen LogP contribution in [0.15, 0.2) is 11.1 Å². The number of alkyl halides is 1. The Morgan fingerprint density at radius 3 is 2.64 bits per heavy atom. The number of Topliss-reactive ketones (excluding diaryl/α,β-unsaturated/α-hetero) is 1. The van der Waals surface area contributed by atoms with Gasteiger partial charge in [-0.25, -0.2) is 0 Å². The molecular weight excluding hydrogens is 204 g/mol. The van der Waals surface area contributed by atoms with Crippen LogP contribution in [0.5, 0.6) is 0 Å². The second-order valence-electron chi connectivity index (χ2n) is 2.97. The number of carbonyl (C=O) groups excluding carboxylic acids is 1. The van der Waals surface area contributed by atoms with Gasteiger partial charge in [-0.05, 0) is 31.8 Å². The predicted molar refractivity (Wildman–Crippen MR) is 50.0 cm³/mol. The molecule has 0 spiro atoms. The van der Waals surface area contributed by atoms with Crippen molar-refractivity contribution in [2.45, 2.75) is 32.6 Å². The van der Waals surface area contributed by atoms with Crippen LogP contribution in [0.25, 0.3) is 0 Å². The van der Waals surface area contributed by atoms with E-state index in [4.69, 9.17) is 0 Å². The van der Waals surface area contributed by atoms with Crippen LogP contribution >= 0.6 is 15.9 Å². The zero-order chi connectivity index (χ0) is 8.27. The fourth-order valence-corrected chi connectivity index (χ4v) is 1.72. The molecule has 0 heterocycles. The molecule has 1 aliphatic rings.